The van der Waals surface area contributed by atoms with Gasteiger partial charge >= 0.3 is 17.9 Å². The fraction of sp³-hybridized carbons (Fsp3) is 0.111. The van der Waals surface area contributed by atoms with Crippen LogP contribution in [0.5, 0.6) is 0 Å². The lowest BCUT2D eigenvalue weighted by atomic mass is 9.82. The van der Waals surface area contributed by atoms with Crippen molar-refractivity contribution in [3.05, 3.63) is 81.9 Å². The number of carbonyl (C=O) groups excluding carboxylic acids is 3. The van der Waals surface area contributed by atoms with Crippen molar-refractivity contribution in [2.75, 3.05) is 0 Å². The van der Waals surface area contributed by atoms with Crippen LogP contribution in [0.2, 0.25) is 0 Å². The number of rotatable bonds is 9. The highest BCUT2D eigenvalue weighted by Crippen LogP contribution is 2.41. The van der Waals surface area contributed by atoms with Crippen LogP contribution in [0, 0.1) is 0 Å². The van der Waals surface area contributed by atoms with E-state index in [0.29, 0.717) is 0 Å². The summed E-state index contributed by atoms with van der Waals surface area (Å²) in [6.45, 7) is 3.23. The summed E-state index contributed by atoms with van der Waals surface area (Å²) in [5.41, 5.74) is 7.41. The first-order valence-electron chi connectivity index (χ1n) is 11.3. The van der Waals surface area contributed by atoms with Gasteiger partial charge in [-0.15, -0.1) is 0 Å². The Morgan fingerprint density at radius 1 is 0.615 bits per heavy atom. The van der Waals surface area contributed by atoms with Crippen LogP contribution in [0.25, 0.3) is 22.3 Å². The van der Waals surface area contributed by atoms with Gasteiger partial charge in [0, 0.05) is 11.6 Å². The van der Waals surface area contributed by atoms with Crippen LogP contribution in [0.3, 0.4) is 0 Å². The maximum Gasteiger partial charge on any atom is 0.336 e. The number of nitrogens with one attached hydrogen (secondary N) is 1. The number of nitrogens with two attached hydrogens (primary N) is 2. The van der Waals surface area contributed by atoms with E-state index in [2.05, 4.69) is 5.32 Å². The van der Waals surface area contributed by atoms with Crippen molar-refractivity contribution in [3.63, 3.8) is 0 Å². The molecule has 3 rings (SSSR count). The molecule has 0 unspecified atom stereocenters. The maximum atomic E-state index is 13.5. The number of hydrogen-bond acceptors (Lipinski definition) is 6. The molecular weight excluding hydrogens is 510 g/mol. The van der Waals surface area contributed by atoms with Gasteiger partial charge in [-0.05, 0) is 48.7 Å². The second-order valence-electron chi connectivity index (χ2n) is 8.64. The predicted octanol–water partition coefficient (Wildman–Crippen LogP) is 2.45. The fourth-order valence-electron chi connectivity index (χ4n) is 4.28. The lowest BCUT2D eigenvalue weighted by molar-refractivity contribution is 0.0682. The minimum absolute atomic E-state index is 0.0733. The van der Waals surface area contributed by atoms with E-state index in [1.165, 1.54) is 30.3 Å². The first-order chi connectivity index (χ1) is 18.3. The molecule has 0 bridgehead atoms. The van der Waals surface area contributed by atoms with Crippen molar-refractivity contribution in [1.29, 1.82) is 0 Å². The second kappa shape index (κ2) is 10.8. The Morgan fingerprint density at radius 3 is 1.49 bits per heavy atom. The molecule has 0 saturated carbocycles. The van der Waals surface area contributed by atoms with Crippen molar-refractivity contribution >= 4 is 35.6 Å². The fourth-order valence-corrected chi connectivity index (χ4v) is 4.28. The molecule has 0 fully saturated rings. The summed E-state index contributed by atoms with van der Waals surface area (Å²) in [4.78, 5) is 74.6. The quantitative estimate of drug-likeness (QED) is 0.237. The highest BCUT2D eigenvalue weighted by molar-refractivity contribution is 6.18. The molecule has 0 saturated heterocycles. The highest BCUT2D eigenvalue weighted by atomic mass is 16.4. The summed E-state index contributed by atoms with van der Waals surface area (Å²) in [5.74, 6) is -7.77. The number of benzene rings is 3. The highest BCUT2D eigenvalue weighted by Gasteiger charge is 2.31. The molecule has 12 heteroatoms. The zero-order valence-electron chi connectivity index (χ0n) is 20.6. The molecular formula is C27H23N3O9. The van der Waals surface area contributed by atoms with Crippen LogP contribution in [0.15, 0.2) is 48.5 Å². The average molecular weight is 533 g/mol. The van der Waals surface area contributed by atoms with Crippen LogP contribution in [0.1, 0.15) is 76.0 Å². The van der Waals surface area contributed by atoms with Gasteiger partial charge in [0.2, 0.25) is 11.8 Å². The summed E-state index contributed by atoms with van der Waals surface area (Å²) >= 11 is 0. The largest absolute Gasteiger partial charge is 0.478 e. The number of carboxylic acid groups (broad SMARTS) is 3. The van der Waals surface area contributed by atoms with E-state index < -0.39 is 75.1 Å². The number of aromatic carboxylic acids is 3. The molecule has 3 aromatic carbocycles. The van der Waals surface area contributed by atoms with E-state index >= 15 is 0 Å². The third-order valence-corrected chi connectivity index (χ3v) is 5.72. The Labute approximate surface area is 220 Å². The van der Waals surface area contributed by atoms with Crippen LogP contribution < -0.4 is 16.8 Å². The monoisotopic (exact) mass is 533 g/mol. The van der Waals surface area contributed by atoms with Gasteiger partial charge < -0.3 is 32.1 Å². The SMILES string of the molecule is CC(C)NC(=O)c1c(C(=O)O)ccc(-c2cccc(C(=O)O)c2C(N)=O)c1-c1cccc(C(=O)O)c1C(N)=O. The van der Waals surface area contributed by atoms with Crippen LogP contribution in [-0.4, -0.2) is 57.0 Å². The Bertz CT molecular complexity index is 1570. The van der Waals surface area contributed by atoms with Crippen molar-refractivity contribution in [3.8, 4) is 22.3 Å². The number of primary amides is 2. The van der Waals surface area contributed by atoms with Gasteiger partial charge in [0.15, 0.2) is 0 Å². The molecule has 8 N–H and O–H groups in total. The molecule has 3 aromatic rings. The molecule has 0 spiro atoms. The Hall–Kier alpha value is -5.52. The van der Waals surface area contributed by atoms with Crippen molar-refractivity contribution in [2.45, 2.75) is 19.9 Å². The van der Waals surface area contributed by atoms with Gasteiger partial charge in [-0.1, -0.05) is 30.3 Å². The predicted molar refractivity (Wildman–Crippen MR) is 138 cm³/mol. The third kappa shape index (κ3) is 5.30. The normalized spacial score (nSPS) is 10.6. The minimum Gasteiger partial charge on any atom is -0.478 e. The van der Waals surface area contributed by atoms with E-state index in [9.17, 15) is 44.1 Å². The van der Waals surface area contributed by atoms with Crippen molar-refractivity contribution in [2.24, 2.45) is 11.5 Å². The lowest BCUT2D eigenvalue weighted by Crippen LogP contribution is -2.32. The number of carboxylic acids is 3. The van der Waals surface area contributed by atoms with E-state index in [4.69, 9.17) is 11.5 Å². The second-order valence-corrected chi connectivity index (χ2v) is 8.64. The Balaban J connectivity index is 2.69. The molecule has 12 nitrogen and oxygen atoms in total. The van der Waals surface area contributed by atoms with E-state index in [-0.39, 0.29) is 22.3 Å². The molecule has 0 aromatic heterocycles. The van der Waals surface area contributed by atoms with Gasteiger partial charge in [0.05, 0.1) is 33.4 Å². The van der Waals surface area contributed by atoms with Crippen molar-refractivity contribution < 1.29 is 44.1 Å². The van der Waals surface area contributed by atoms with E-state index in [1.54, 1.807) is 13.8 Å². The molecule has 0 atom stereocenters. The standard InChI is InChI=1S/C27H23N3O9/c1-11(2)30-24(33)21-17(27(38)39)10-9-13(12-5-3-7-15(25(34)35)19(12)22(28)31)18(21)14-6-4-8-16(26(36)37)20(14)23(29)32/h3-11H,1-2H3,(H2,28,31)(H2,29,32)(H,30,33)(H,34,35)(H,36,37)(H,38,39). The molecule has 39 heavy (non-hydrogen) atoms. The lowest BCUT2D eigenvalue weighted by Gasteiger charge is -2.22. The Morgan fingerprint density at radius 2 is 1.05 bits per heavy atom. The maximum absolute atomic E-state index is 13.5. The summed E-state index contributed by atoms with van der Waals surface area (Å²) in [7, 11) is 0. The van der Waals surface area contributed by atoms with Crippen LogP contribution in [-0.2, 0) is 0 Å². The molecule has 200 valence electrons. The summed E-state index contributed by atoms with van der Waals surface area (Å²) in [6.07, 6.45) is 0. The topological polar surface area (TPSA) is 227 Å². The van der Waals surface area contributed by atoms with Gasteiger partial charge in [-0.3, -0.25) is 14.4 Å². The average Bonchev–Trinajstić information content (AvgIpc) is 2.86. The molecule has 0 radical (unpaired) electrons. The Kier molecular flexibility index (Phi) is 7.80. The zero-order valence-corrected chi connectivity index (χ0v) is 20.6. The van der Waals surface area contributed by atoms with Gasteiger partial charge in [-0.2, -0.15) is 0 Å². The van der Waals surface area contributed by atoms with Crippen LogP contribution >= 0.6 is 0 Å². The number of hydrogen-bond donors (Lipinski definition) is 6. The smallest absolute Gasteiger partial charge is 0.336 e. The first-order valence-corrected chi connectivity index (χ1v) is 11.3. The van der Waals surface area contributed by atoms with Crippen LogP contribution in [0.4, 0.5) is 0 Å². The molecule has 0 aliphatic heterocycles. The summed E-state index contributed by atoms with van der Waals surface area (Å²) < 4.78 is 0. The molecule has 0 heterocycles. The molecule has 0 aliphatic rings. The number of amides is 3. The summed E-state index contributed by atoms with van der Waals surface area (Å²) in [6, 6.07) is 9.16. The van der Waals surface area contributed by atoms with Crippen molar-refractivity contribution in [1.82, 2.24) is 5.32 Å². The summed E-state index contributed by atoms with van der Waals surface area (Å²) in [5, 5.41) is 31.9. The molecule has 3 amide bonds. The molecule has 0 aliphatic carbocycles. The van der Waals surface area contributed by atoms with Gasteiger partial charge in [0.25, 0.3) is 5.91 Å². The van der Waals surface area contributed by atoms with E-state index in [1.807, 2.05) is 0 Å². The van der Waals surface area contributed by atoms with Gasteiger partial charge in [0.1, 0.15) is 0 Å². The minimum atomic E-state index is -1.53. The zero-order chi connectivity index (χ0) is 29.2. The van der Waals surface area contributed by atoms with Gasteiger partial charge in [-0.25, -0.2) is 14.4 Å². The van der Waals surface area contributed by atoms with E-state index in [0.717, 1.165) is 18.2 Å². The number of carbonyl (C=O) groups is 6. The third-order valence-electron chi connectivity index (χ3n) is 5.72. The first kappa shape index (κ1) is 28.1.